The van der Waals surface area contributed by atoms with E-state index in [4.69, 9.17) is 0 Å². The number of carboxylic acid groups (broad SMARTS) is 1. The van der Waals surface area contributed by atoms with Gasteiger partial charge in [-0.15, -0.1) is 0 Å². The summed E-state index contributed by atoms with van der Waals surface area (Å²) in [7, 11) is 3.43. The largest absolute Gasteiger partial charge is 0.481 e. The summed E-state index contributed by atoms with van der Waals surface area (Å²) in [5.74, 6) is -1.10. The third-order valence-electron chi connectivity index (χ3n) is 5.61. The zero-order valence-electron chi connectivity index (χ0n) is 16.5. The van der Waals surface area contributed by atoms with Crippen molar-refractivity contribution in [3.8, 4) is 0 Å². The van der Waals surface area contributed by atoms with E-state index in [1.165, 1.54) is 4.90 Å². The summed E-state index contributed by atoms with van der Waals surface area (Å²) in [5.41, 5.74) is 0.562. The second kappa shape index (κ2) is 9.02. The van der Waals surface area contributed by atoms with Gasteiger partial charge in [0.25, 0.3) is 0 Å². The van der Waals surface area contributed by atoms with Crippen LogP contribution < -0.4 is 5.32 Å². The predicted octanol–water partition coefficient (Wildman–Crippen LogP) is 3.32. The lowest BCUT2D eigenvalue weighted by molar-refractivity contribution is -0.145. The maximum atomic E-state index is 13.0. The number of aliphatic carboxylic acids is 1. The van der Waals surface area contributed by atoms with Crippen molar-refractivity contribution in [1.82, 2.24) is 4.90 Å². The van der Waals surface area contributed by atoms with Crippen molar-refractivity contribution in [1.29, 1.82) is 0 Å². The van der Waals surface area contributed by atoms with E-state index in [0.29, 0.717) is 12.1 Å². The lowest BCUT2D eigenvalue weighted by Gasteiger charge is -2.37. The van der Waals surface area contributed by atoms with E-state index < -0.39 is 11.4 Å². The molecule has 1 saturated carbocycles. The fraction of sp³-hybridized carbons (Fsp3) is 0.571. The zero-order valence-corrected chi connectivity index (χ0v) is 16.5. The highest BCUT2D eigenvalue weighted by molar-refractivity contribution is 5.97. The lowest BCUT2D eigenvalue weighted by Crippen LogP contribution is -2.42. The number of likely N-dealkylation sites (N-methyl/N-ethyl adjacent to an activating group) is 1. The van der Waals surface area contributed by atoms with Crippen molar-refractivity contribution >= 4 is 23.5 Å². The number of benzene rings is 1. The smallest absolute Gasteiger partial charge is 0.304 e. The SMILES string of the molecule is CN(C)C(=O)Cc1ccc(NC(=O)C(C)(CC(=O)O)C2CCCCC2)cc1. The Morgan fingerprint density at radius 1 is 1.11 bits per heavy atom. The van der Waals surface area contributed by atoms with Gasteiger partial charge < -0.3 is 15.3 Å². The van der Waals surface area contributed by atoms with Crippen LogP contribution in [-0.4, -0.2) is 41.9 Å². The maximum Gasteiger partial charge on any atom is 0.304 e. The monoisotopic (exact) mass is 374 g/mol. The van der Waals surface area contributed by atoms with Crippen molar-refractivity contribution < 1.29 is 19.5 Å². The molecule has 0 aliphatic heterocycles. The molecular weight excluding hydrogens is 344 g/mol. The number of amides is 2. The van der Waals surface area contributed by atoms with Crippen molar-refractivity contribution in [2.24, 2.45) is 11.3 Å². The number of nitrogens with one attached hydrogen (secondary N) is 1. The van der Waals surface area contributed by atoms with Gasteiger partial charge in [-0.2, -0.15) is 0 Å². The van der Waals surface area contributed by atoms with Crippen LogP contribution in [-0.2, 0) is 20.8 Å². The van der Waals surface area contributed by atoms with Crippen LogP contribution >= 0.6 is 0 Å². The fourth-order valence-electron chi connectivity index (χ4n) is 3.78. The number of anilines is 1. The second-order valence-corrected chi connectivity index (χ2v) is 7.94. The van der Waals surface area contributed by atoms with E-state index in [1.807, 2.05) is 12.1 Å². The summed E-state index contributed by atoms with van der Waals surface area (Å²) in [5, 5.41) is 12.2. The van der Waals surface area contributed by atoms with Crippen molar-refractivity contribution in [2.75, 3.05) is 19.4 Å². The van der Waals surface area contributed by atoms with Crippen LogP contribution in [0.1, 0.15) is 51.0 Å². The number of hydrogen-bond acceptors (Lipinski definition) is 3. The molecule has 1 unspecified atom stereocenters. The highest BCUT2D eigenvalue weighted by Crippen LogP contribution is 2.42. The average Bonchev–Trinajstić information content (AvgIpc) is 2.63. The standard InChI is InChI=1S/C21H30N2O4/c1-21(14-19(25)26,16-7-5-4-6-8-16)20(27)22-17-11-9-15(10-12-17)13-18(24)23(2)3/h9-12,16H,4-8,13-14H2,1-3H3,(H,22,27)(H,25,26). The van der Waals surface area contributed by atoms with E-state index in [9.17, 15) is 19.5 Å². The van der Waals surface area contributed by atoms with Gasteiger partial charge >= 0.3 is 5.97 Å². The first kappa shape index (κ1) is 20.9. The molecule has 0 bridgehead atoms. The zero-order chi connectivity index (χ0) is 20.0. The maximum absolute atomic E-state index is 13.0. The molecule has 0 saturated heterocycles. The molecule has 0 heterocycles. The van der Waals surface area contributed by atoms with Crippen molar-refractivity contribution in [3.63, 3.8) is 0 Å². The molecule has 2 amide bonds. The Labute approximate surface area is 160 Å². The molecule has 0 radical (unpaired) electrons. The molecule has 2 N–H and O–H groups in total. The molecule has 2 rings (SSSR count). The Kier molecular flexibility index (Phi) is 6.99. The normalized spacial score (nSPS) is 17.0. The summed E-state index contributed by atoms with van der Waals surface area (Å²) >= 11 is 0. The summed E-state index contributed by atoms with van der Waals surface area (Å²) in [6.07, 6.45) is 5.16. The minimum Gasteiger partial charge on any atom is -0.481 e. The molecule has 1 fully saturated rings. The molecule has 6 heteroatoms. The molecule has 1 aromatic rings. The molecule has 0 spiro atoms. The molecule has 27 heavy (non-hydrogen) atoms. The van der Waals surface area contributed by atoms with Crippen LogP contribution in [0, 0.1) is 11.3 Å². The molecular formula is C21H30N2O4. The fourth-order valence-corrected chi connectivity index (χ4v) is 3.78. The topological polar surface area (TPSA) is 86.7 Å². The van der Waals surface area contributed by atoms with Gasteiger partial charge in [-0.25, -0.2) is 0 Å². The van der Waals surface area contributed by atoms with Gasteiger partial charge in [-0.1, -0.05) is 31.4 Å². The summed E-state index contributed by atoms with van der Waals surface area (Å²) < 4.78 is 0. The predicted molar refractivity (Wildman–Crippen MR) is 104 cm³/mol. The second-order valence-electron chi connectivity index (χ2n) is 7.94. The average molecular weight is 374 g/mol. The van der Waals surface area contributed by atoms with E-state index in [2.05, 4.69) is 5.32 Å². The van der Waals surface area contributed by atoms with Gasteiger partial charge in [0, 0.05) is 19.8 Å². The van der Waals surface area contributed by atoms with E-state index >= 15 is 0 Å². The number of carboxylic acids is 1. The number of rotatable bonds is 7. The first-order chi connectivity index (χ1) is 12.7. The Morgan fingerprint density at radius 2 is 1.70 bits per heavy atom. The van der Waals surface area contributed by atoms with E-state index in [-0.39, 0.29) is 24.2 Å². The minimum absolute atomic E-state index is 0.0121. The van der Waals surface area contributed by atoms with Gasteiger partial charge in [0.2, 0.25) is 11.8 Å². The third kappa shape index (κ3) is 5.55. The van der Waals surface area contributed by atoms with Crippen molar-refractivity contribution in [2.45, 2.75) is 51.9 Å². The van der Waals surface area contributed by atoms with Crippen LogP contribution in [0.25, 0.3) is 0 Å². The lowest BCUT2D eigenvalue weighted by atomic mass is 9.67. The van der Waals surface area contributed by atoms with Gasteiger partial charge in [-0.3, -0.25) is 14.4 Å². The highest BCUT2D eigenvalue weighted by atomic mass is 16.4. The van der Waals surface area contributed by atoms with E-state index in [1.54, 1.807) is 33.2 Å². The van der Waals surface area contributed by atoms with Crippen LogP contribution in [0.4, 0.5) is 5.69 Å². The van der Waals surface area contributed by atoms with Crippen LogP contribution in [0.2, 0.25) is 0 Å². The number of carbonyl (C=O) groups is 3. The molecule has 1 atom stereocenters. The molecule has 0 aromatic heterocycles. The Morgan fingerprint density at radius 3 is 2.22 bits per heavy atom. The molecule has 1 aromatic carbocycles. The Balaban J connectivity index is 2.09. The molecule has 1 aliphatic rings. The third-order valence-corrected chi connectivity index (χ3v) is 5.61. The van der Waals surface area contributed by atoms with Crippen LogP contribution in [0.15, 0.2) is 24.3 Å². The Hall–Kier alpha value is -2.37. The molecule has 6 nitrogen and oxygen atoms in total. The summed E-state index contributed by atoms with van der Waals surface area (Å²) in [6, 6.07) is 7.15. The highest BCUT2D eigenvalue weighted by Gasteiger charge is 2.43. The first-order valence-corrected chi connectivity index (χ1v) is 9.54. The van der Waals surface area contributed by atoms with Gasteiger partial charge in [0.05, 0.1) is 18.3 Å². The number of carbonyl (C=O) groups excluding carboxylic acids is 2. The quantitative estimate of drug-likeness (QED) is 0.766. The molecule has 1 aliphatic carbocycles. The van der Waals surface area contributed by atoms with E-state index in [0.717, 1.165) is 37.7 Å². The van der Waals surface area contributed by atoms with Crippen LogP contribution in [0.5, 0.6) is 0 Å². The minimum atomic E-state index is -0.948. The van der Waals surface area contributed by atoms with Gasteiger partial charge in [0.1, 0.15) is 0 Å². The van der Waals surface area contributed by atoms with Gasteiger partial charge in [0.15, 0.2) is 0 Å². The first-order valence-electron chi connectivity index (χ1n) is 9.54. The van der Waals surface area contributed by atoms with Crippen LogP contribution in [0.3, 0.4) is 0 Å². The Bertz CT molecular complexity index is 678. The summed E-state index contributed by atoms with van der Waals surface area (Å²) in [6.45, 7) is 1.77. The molecule has 148 valence electrons. The number of nitrogens with zero attached hydrogens (tertiary/aromatic N) is 1. The summed E-state index contributed by atoms with van der Waals surface area (Å²) in [4.78, 5) is 37.7. The number of hydrogen-bond donors (Lipinski definition) is 2. The van der Waals surface area contributed by atoms with Gasteiger partial charge in [-0.05, 0) is 43.4 Å². The van der Waals surface area contributed by atoms with Crippen molar-refractivity contribution in [3.05, 3.63) is 29.8 Å².